The summed E-state index contributed by atoms with van der Waals surface area (Å²) in [5.41, 5.74) is 2.89. The van der Waals surface area contributed by atoms with Crippen LogP contribution in [0.15, 0.2) is 24.3 Å². The molecule has 0 saturated heterocycles. The number of hydrogen-bond donors (Lipinski definition) is 0. The monoisotopic (exact) mass is 270 g/mol. The molecule has 4 nitrogen and oxygen atoms in total. The van der Waals surface area contributed by atoms with Gasteiger partial charge >= 0.3 is 0 Å². The molecule has 0 bridgehead atoms. The molecule has 0 unspecified atom stereocenters. The minimum absolute atomic E-state index is 0.275. The number of hydrogen-bond acceptors (Lipinski definition) is 4. The minimum atomic E-state index is -0.275. The van der Waals surface area contributed by atoms with Crippen LogP contribution in [0.2, 0.25) is 0 Å². The lowest BCUT2D eigenvalue weighted by atomic mass is 10.1. The molecule has 0 saturated carbocycles. The number of nitrogens with zero attached hydrogens (tertiary/aromatic N) is 4. The van der Waals surface area contributed by atoms with Gasteiger partial charge in [-0.1, -0.05) is 12.1 Å². The van der Waals surface area contributed by atoms with E-state index in [0.717, 1.165) is 16.8 Å². The van der Waals surface area contributed by atoms with Crippen LogP contribution in [0.5, 0.6) is 0 Å². The average Bonchev–Trinajstić information content (AvgIpc) is 2.41. The van der Waals surface area contributed by atoms with Gasteiger partial charge in [0.15, 0.2) is 5.82 Å². The van der Waals surface area contributed by atoms with E-state index in [-0.39, 0.29) is 5.82 Å². The van der Waals surface area contributed by atoms with Crippen LogP contribution in [0.3, 0.4) is 0 Å². The van der Waals surface area contributed by atoms with E-state index in [0.29, 0.717) is 17.9 Å². The Morgan fingerprint density at radius 2 is 2.05 bits per heavy atom. The second kappa shape index (κ2) is 5.66. The Kier molecular flexibility index (Phi) is 3.94. The highest BCUT2D eigenvalue weighted by atomic mass is 19.1. The van der Waals surface area contributed by atoms with Gasteiger partial charge in [0.25, 0.3) is 0 Å². The molecule has 102 valence electrons. The molecule has 0 fully saturated rings. The van der Waals surface area contributed by atoms with Crippen LogP contribution in [0.25, 0.3) is 0 Å². The van der Waals surface area contributed by atoms with E-state index in [2.05, 4.69) is 16.3 Å². The smallest absolute Gasteiger partial charge is 0.169 e. The van der Waals surface area contributed by atoms with Gasteiger partial charge in [-0.25, -0.2) is 4.39 Å². The normalized spacial score (nSPS) is 10.2. The van der Waals surface area contributed by atoms with E-state index in [4.69, 9.17) is 0 Å². The first-order valence-electron chi connectivity index (χ1n) is 6.22. The van der Waals surface area contributed by atoms with Crippen LogP contribution in [0, 0.1) is 31.0 Å². The molecule has 5 heteroatoms. The first kappa shape index (κ1) is 13.9. The predicted octanol–water partition coefficient (Wildman–Crippen LogP) is 2.74. The Bertz CT molecular complexity index is 676. The van der Waals surface area contributed by atoms with Crippen molar-refractivity contribution in [2.75, 3.05) is 11.9 Å². The van der Waals surface area contributed by atoms with Crippen molar-refractivity contribution in [3.63, 3.8) is 0 Å². The second-order valence-electron chi connectivity index (χ2n) is 4.71. The van der Waals surface area contributed by atoms with E-state index in [9.17, 15) is 9.65 Å². The molecule has 1 aromatic heterocycles. The van der Waals surface area contributed by atoms with Gasteiger partial charge in [-0.05, 0) is 37.1 Å². The number of aromatic nitrogens is 2. The third-order valence-corrected chi connectivity index (χ3v) is 3.22. The van der Waals surface area contributed by atoms with Gasteiger partial charge in [-0.2, -0.15) is 10.4 Å². The first-order chi connectivity index (χ1) is 9.52. The summed E-state index contributed by atoms with van der Waals surface area (Å²) in [5, 5.41) is 17.4. The zero-order valence-corrected chi connectivity index (χ0v) is 11.7. The number of anilines is 1. The fraction of sp³-hybridized carbons (Fsp3) is 0.267. The molecule has 0 aliphatic carbocycles. The van der Waals surface area contributed by atoms with Crippen LogP contribution >= 0.6 is 0 Å². The van der Waals surface area contributed by atoms with Crippen LogP contribution in [-0.4, -0.2) is 17.2 Å². The number of nitriles is 1. The number of rotatable bonds is 3. The molecular weight excluding hydrogens is 255 g/mol. The highest BCUT2D eigenvalue weighted by Crippen LogP contribution is 2.21. The number of halogens is 1. The Hall–Kier alpha value is -2.48. The van der Waals surface area contributed by atoms with Crippen molar-refractivity contribution in [2.24, 2.45) is 0 Å². The van der Waals surface area contributed by atoms with Gasteiger partial charge in [0.1, 0.15) is 17.4 Å². The topological polar surface area (TPSA) is 52.8 Å². The summed E-state index contributed by atoms with van der Waals surface area (Å²) in [5.74, 6) is 0.238. The third-order valence-electron chi connectivity index (χ3n) is 3.22. The van der Waals surface area contributed by atoms with Gasteiger partial charge in [-0.15, -0.1) is 5.10 Å². The van der Waals surface area contributed by atoms with E-state index >= 15 is 0 Å². The van der Waals surface area contributed by atoms with Crippen LogP contribution < -0.4 is 4.90 Å². The van der Waals surface area contributed by atoms with E-state index in [1.54, 1.807) is 11.0 Å². The summed E-state index contributed by atoms with van der Waals surface area (Å²) in [6.45, 7) is 4.13. The lowest BCUT2D eigenvalue weighted by Gasteiger charge is -2.20. The Labute approximate surface area is 117 Å². The molecule has 0 aliphatic rings. The molecule has 0 aliphatic heterocycles. The maximum absolute atomic E-state index is 13.2. The van der Waals surface area contributed by atoms with Gasteiger partial charge in [0.2, 0.25) is 0 Å². The van der Waals surface area contributed by atoms with Crippen molar-refractivity contribution in [1.29, 1.82) is 5.26 Å². The fourth-order valence-electron chi connectivity index (χ4n) is 1.98. The lowest BCUT2D eigenvalue weighted by Crippen LogP contribution is -2.20. The third kappa shape index (κ3) is 2.75. The fourth-order valence-corrected chi connectivity index (χ4v) is 1.98. The number of benzene rings is 1. The summed E-state index contributed by atoms with van der Waals surface area (Å²) < 4.78 is 13.2. The molecule has 2 rings (SSSR count). The Morgan fingerprint density at radius 3 is 2.70 bits per heavy atom. The molecule has 0 atom stereocenters. The van der Waals surface area contributed by atoms with Crippen LogP contribution in [-0.2, 0) is 6.54 Å². The predicted molar refractivity (Wildman–Crippen MR) is 74.7 cm³/mol. The highest BCUT2D eigenvalue weighted by Gasteiger charge is 2.14. The summed E-state index contributed by atoms with van der Waals surface area (Å²) in [7, 11) is 1.81. The molecular formula is C15H15FN4. The van der Waals surface area contributed by atoms with Gasteiger partial charge in [0, 0.05) is 13.6 Å². The average molecular weight is 270 g/mol. The van der Waals surface area contributed by atoms with Crippen LogP contribution in [0.1, 0.15) is 22.4 Å². The summed E-state index contributed by atoms with van der Waals surface area (Å²) in [4.78, 5) is 1.80. The number of aryl methyl sites for hydroxylation is 1. The molecule has 0 spiro atoms. The molecule has 0 amide bonds. The minimum Gasteiger partial charge on any atom is -0.353 e. The standard InChI is InChI=1S/C15H15FN4/c1-10-11(2)18-19-15(14(10)8-17)20(3)9-12-5-4-6-13(16)7-12/h4-7H,9H2,1-3H3. The summed E-state index contributed by atoms with van der Waals surface area (Å²) in [6.07, 6.45) is 0. The van der Waals surface area contributed by atoms with Crippen molar-refractivity contribution in [3.05, 3.63) is 52.5 Å². The van der Waals surface area contributed by atoms with Crippen molar-refractivity contribution in [2.45, 2.75) is 20.4 Å². The summed E-state index contributed by atoms with van der Waals surface area (Å²) in [6, 6.07) is 8.53. The Morgan fingerprint density at radius 1 is 1.30 bits per heavy atom. The molecule has 1 heterocycles. The quantitative estimate of drug-likeness (QED) is 0.860. The van der Waals surface area contributed by atoms with Crippen molar-refractivity contribution >= 4 is 5.82 Å². The van der Waals surface area contributed by atoms with Crippen LogP contribution in [0.4, 0.5) is 10.2 Å². The van der Waals surface area contributed by atoms with E-state index in [1.807, 2.05) is 27.0 Å². The molecule has 0 N–H and O–H groups in total. The maximum atomic E-state index is 13.2. The highest BCUT2D eigenvalue weighted by molar-refractivity contribution is 5.57. The lowest BCUT2D eigenvalue weighted by molar-refractivity contribution is 0.625. The first-order valence-corrected chi connectivity index (χ1v) is 6.22. The van der Waals surface area contributed by atoms with Gasteiger partial charge in [0.05, 0.1) is 5.69 Å². The van der Waals surface area contributed by atoms with Crippen molar-refractivity contribution in [1.82, 2.24) is 10.2 Å². The van der Waals surface area contributed by atoms with Gasteiger partial charge < -0.3 is 4.90 Å². The largest absolute Gasteiger partial charge is 0.353 e. The van der Waals surface area contributed by atoms with E-state index in [1.165, 1.54) is 12.1 Å². The van der Waals surface area contributed by atoms with Crippen molar-refractivity contribution in [3.8, 4) is 6.07 Å². The Balaban J connectivity index is 2.33. The molecule has 20 heavy (non-hydrogen) atoms. The molecule has 0 radical (unpaired) electrons. The SMILES string of the molecule is Cc1nnc(N(C)Cc2cccc(F)c2)c(C#N)c1C. The second-order valence-corrected chi connectivity index (χ2v) is 4.71. The maximum Gasteiger partial charge on any atom is 0.169 e. The summed E-state index contributed by atoms with van der Waals surface area (Å²) >= 11 is 0. The zero-order chi connectivity index (χ0) is 14.7. The van der Waals surface area contributed by atoms with E-state index < -0.39 is 0 Å². The molecule has 2 aromatic rings. The zero-order valence-electron chi connectivity index (χ0n) is 11.7. The molecule has 1 aromatic carbocycles. The van der Waals surface area contributed by atoms with Crippen molar-refractivity contribution < 1.29 is 4.39 Å². The van der Waals surface area contributed by atoms with Gasteiger partial charge in [-0.3, -0.25) is 0 Å².